The molecule has 108 valence electrons. The van der Waals surface area contributed by atoms with Crippen LogP contribution in [0.5, 0.6) is 0 Å². The van der Waals surface area contributed by atoms with Gasteiger partial charge in [-0.3, -0.25) is 4.79 Å². The van der Waals surface area contributed by atoms with E-state index in [1.807, 2.05) is 44.2 Å². The van der Waals surface area contributed by atoms with Gasteiger partial charge in [-0.15, -0.1) is 15.3 Å². The Morgan fingerprint density at radius 3 is 2.76 bits per heavy atom. The second-order valence-electron chi connectivity index (χ2n) is 5.14. The molecule has 21 heavy (non-hydrogen) atoms. The predicted molar refractivity (Wildman–Crippen MR) is 82.2 cm³/mol. The molecule has 2 aromatic heterocycles. The van der Waals surface area contributed by atoms with Crippen molar-refractivity contribution < 1.29 is 4.79 Å². The van der Waals surface area contributed by atoms with Crippen molar-refractivity contribution in [3.05, 3.63) is 30.3 Å². The van der Waals surface area contributed by atoms with E-state index in [4.69, 9.17) is 0 Å². The van der Waals surface area contributed by atoms with E-state index in [-0.39, 0.29) is 5.91 Å². The molecule has 2 heterocycles. The summed E-state index contributed by atoms with van der Waals surface area (Å²) in [6.45, 7) is 4.01. The molecule has 6 nitrogen and oxygen atoms in total. The third-order valence-electron chi connectivity index (χ3n) is 2.86. The molecule has 0 saturated carbocycles. The predicted octanol–water partition coefficient (Wildman–Crippen LogP) is 2.84. The van der Waals surface area contributed by atoms with Crippen molar-refractivity contribution in [1.82, 2.24) is 19.8 Å². The van der Waals surface area contributed by atoms with Gasteiger partial charge in [0.15, 0.2) is 5.82 Å². The average molecular weight is 301 g/mol. The van der Waals surface area contributed by atoms with Crippen LogP contribution >= 0.6 is 11.3 Å². The molecule has 0 radical (unpaired) electrons. The Hall–Kier alpha value is -2.28. The van der Waals surface area contributed by atoms with Crippen LogP contribution in [-0.2, 0) is 4.79 Å². The number of benzene rings is 1. The lowest BCUT2D eigenvalue weighted by molar-refractivity contribution is -0.116. The molecule has 0 spiro atoms. The summed E-state index contributed by atoms with van der Waals surface area (Å²) in [5.74, 6) is 0.957. The van der Waals surface area contributed by atoms with E-state index in [9.17, 15) is 4.79 Å². The fourth-order valence-corrected chi connectivity index (χ4v) is 2.73. The number of anilines is 1. The molecule has 3 rings (SSSR count). The van der Waals surface area contributed by atoms with Crippen molar-refractivity contribution >= 4 is 27.3 Å². The van der Waals surface area contributed by atoms with Crippen LogP contribution in [-0.4, -0.2) is 25.7 Å². The summed E-state index contributed by atoms with van der Waals surface area (Å²) >= 11 is 1.31. The highest BCUT2D eigenvalue weighted by Crippen LogP contribution is 2.24. The quantitative estimate of drug-likeness (QED) is 0.804. The monoisotopic (exact) mass is 301 g/mol. The zero-order valence-corrected chi connectivity index (χ0v) is 12.6. The highest BCUT2D eigenvalue weighted by molar-refractivity contribution is 7.20. The van der Waals surface area contributed by atoms with Crippen molar-refractivity contribution in [3.8, 4) is 11.4 Å². The van der Waals surface area contributed by atoms with E-state index in [2.05, 4.69) is 20.6 Å². The van der Waals surface area contributed by atoms with Crippen molar-refractivity contribution in [3.63, 3.8) is 0 Å². The lowest BCUT2D eigenvalue weighted by atomic mass is 10.1. The maximum Gasteiger partial charge on any atom is 0.236 e. The number of nitrogens with one attached hydrogen (secondary N) is 1. The van der Waals surface area contributed by atoms with Gasteiger partial charge in [0, 0.05) is 12.0 Å². The van der Waals surface area contributed by atoms with Crippen molar-refractivity contribution in [2.45, 2.75) is 20.3 Å². The number of carbonyl (C=O) groups is 1. The van der Waals surface area contributed by atoms with E-state index in [0.717, 1.165) is 5.56 Å². The van der Waals surface area contributed by atoms with E-state index in [1.54, 1.807) is 4.52 Å². The summed E-state index contributed by atoms with van der Waals surface area (Å²) in [6.07, 6.45) is 0.478. The van der Waals surface area contributed by atoms with Crippen LogP contribution in [0.3, 0.4) is 0 Å². The Labute approximate surface area is 125 Å². The Kier molecular flexibility index (Phi) is 3.66. The van der Waals surface area contributed by atoms with Crippen molar-refractivity contribution in [1.29, 1.82) is 0 Å². The summed E-state index contributed by atoms with van der Waals surface area (Å²) < 4.78 is 1.66. The van der Waals surface area contributed by atoms with Gasteiger partial charge in [-0.1, -0.05) is 55.5 Å². The van der Waals surface area contributed by atoms with Crippen LogP contribution in [0.1, 0.15) is 20.3 Å². The first-order valence-corrected chi connectivity index (χ1v) is 7.52. The summed E-state index contributed by atoms with van der Waals surface area (Å²) in [5.41, 5.74) is 0.940. The molecule has 1 N–H and O–H groups in total. The lowest BCUT2D eigenvalue weighted by Crippen LogP contribution is -2.13. The number of hydrogen-bond acceptors (Lipinski definition) is 5. The van der Waals surface area contributed by atoms with Crippen molar-refractivity contribution in [2.24, 2.45) is 5.92 Å². The molecular weight excluding hydrogens is 286 g/mol. The third-order valence-corrected chi connectivity index (χ3v) is 3.68. The molecular formula is C14H15N5OS. The number of fused-ring (bicyclic) bond motifs is 1. The summed E-state index contributed by atoms with van der Waals surface area (Å²) in [7, 11) is 0. The first-order chi connectivity index (χ1) is 10.1. The van der Waals surface area contributed by atoms with E-state index < -0.39 is 0 Å². The zero-order valence-electron chi connectivity index (χ0n) is 11.8. The van der Waals surface area contributed by atoms with Crippen LogP contribution in [0.2, 0.25) is 0 Å². The molecule has 0 unspecified atom stereocenters. The van der Waals surface area contributed by atoms with Crippen LogP contribution in [0.15, 0.2) is 30.3 Å². The fraction of sp³-hybridized carbons (Fsp3) is 0.286. The van der Waals surface area contributed by atoms with Gasteiger partial charge in [0.1, 0.15) is 0 Å². The molecule has 0 aliphatic heterocycles. The Morgan fingerprint density at radius 1 is 1.29 bits per heavy atom. The van der Waals surface area contributed by atoms with Gasteiger partial charge in [-0.25, -0.2) is 0 Å². The molecule has 0 aliphatic carbocycles. The van der Waals surface area contributed by atoms with Gasteiger partial charge in [0.2, 0.25) is 16.0 Å². The Bertz CT molecular complexity index is 762. The van der Waals surface area contributed by atoms with E-state index >= 15 is 0 Å². The van der Waals surface area contributed by atoms with Crippen LogP contribution in [0.25, 0.3) is 16.3 Å². The number of rotatable bonds is 4. The maximum absolute atomic E-state index is 11.8. The SMILES string of the molecule is CC(C)CC(=O)Nc1nn2c(-c3ccccc3)nnc2s1. The molecule has 0 bridgehead atoms. The second-order valence-corrected chi connectivity index (χ2v) is 6.09. The van der Waals surface area contributed by atoms with Crippen molar-refractivity contribution in [2.75, 3.05) is 5.32 Å². The summed E-state index contributed by atoms with van der Waals surface area (Å²) in [4.78, 5) is 12.4. The molecule has 1 amide bonds. The molecule has 3 aromatic rings. The van der Waals surface area contributed by atoms with Crippen LogP contribution < -0.4 is 5.32 Å². The molecule has 0 aliphatic rings. The number of hydrogen-bond donors (Lipinski definition) is 1. The highest BCUT2D eigenvalue weighted by Gasteiger charge is 2.14. The lowest BCUT2D eigenvalue weighted by Gasteiger charge is -2.03. The van der Waals surface area contributed by atoms with Gasteiger partial charge in [-0.2, -0.15) is 4.52 Å². The number of carbonyl (C=O) groups excluding carboxylic acids is 1. The summed E-state index contributed by atoms with van der Waals surface area (Å²) in [5, 5.41) is 16.0. The van der Waals surface area contributed by atoms with Gasteiger partial charge < -0.3 is 5.32 Å². The van der Waals surface area contributed by atoms with Gasteiger partial charge >= 0.3 is 0 Å². The minimum absolute atomic E-state index is 0.0313. The van der Waals surface area contributed by atoms with Gasteiger partial charge in [0.05, 0.1) is 0 Å². The zero-order chi connectivity index (χ0) is 14.8. The van der Waals surface area contributed by atoms with E-state index in [0.29, 0.717) is 28.3 Å². The first kappa shape index (κ1) is 13.7. The Balaban J connectivity index is 1.88. The smallest absolute Gasteiger partial charge is 0.236 e. The molecule has 0 atom stereocenters. The minimum atomic E-state index is -0.0313. The standard InChI is InChI=1S/C14H15N5OS/c1-9(2)8-11(20)15-13-18-19-12(16-17-14(19)21-13)10-6-4-3-5-7-10/h3-7,9H,8H2,1-2H3,(H,15,18,20). The second kappa shape index (κ2) is 5.61. The van der Waals surface area contributed by atoms with Gasteiger partial charge in [0.25, 0.3) is 0 Å². The van der Waals surface area contributed by atoms with Crippen LogP contribution in [0, 0.1) is 5.92 Å². The maximum atomic E-state index is 11.8. The average Bonchev–Trinajstić information content (AvgIpc) is 2.98. The number of nitrogens with zero attached hydrogens (tertiary/aromatic N) is 4. The number of amides is 1. The first-order valence-electron chi connectivity index (χ1n) is 6.71. The number of aromatic nitrogens is 4. The molecule has 7 heteroatoms. The Morgan fingerprint density at radius 2 is 2.05 bits per heavy atom. The minimum Gasteiger partial charge on any atom is -0.301 e. The normalized spacial score (nSPS) is 11.2. The molecule has 0 saturated heterocycles. The highest BCUT2D eigenvalue weighted by atomic mass is 32.1. The van der Waals surface area contributed by atoms with E-state index in [1.165, 1.54) is 11.3 Å². The third kappa shape index (κ3) is 2.92. The largest absolute Gasteiger partial charge is 0.301 e. The van der Waals surface area contributed by atoms with Crippen LogP contribution in [0.4, 0.5) is 5.13 Å². The molecule has 1 aromatic carbocycles. The molecule has 0 fully saturated rings. The fourth-order valence-electron chi connectivity index (χ4n) is 1.98. The van der Waals surface area contributed by atoms with Gasteiger partial charge in [-0.05, 0) is 5.92 Å². The topological polar surface area (TPSA) is 72.2 Å². The summed E-state index contributed by atoms with van der Waals surface area (Å²) in [6, 6.07) is 9.72.